The summed E-state index contributed by atoms with van der Waals surface area (Å²) in [6.45, 7) is 3.35. The lowest BCUT2D eigenvalue weighted by Crippen LogP contribution is -2.33. The van der Waals surface area contributed by atoms with E-state index >= 15 is 0 Å². The van der Waals surface area contributed by atoms with Crippen LogP contribution in [0.5, 0.6) is 0 Å². The highest BCUT2D eigenvalue weighted by Crippen LogP contribution is 2.42. The van der Waals surface area contributed by atoms with Crippen LogP contribution in [0.3, 0.4) is 0 Å². The first kappa shape index (κ1) is 13.3. The highest BCUT2D eigenvalue weighted by Gasteiger charge is 2.38. The Morgan fingerprint density at radius 2 is 2.26 bits per heavy atom. The number of nitrogens with two attached hydrogens (primary N) is 1. The zero-order chi connectivity index (χ0) is 13.4. The van der Waals surface area contributed by atoms with E-state index in [2.05, 4.69) is 24.0 Å². The van der Waals surface area contributed by atoms with Gasteiger partial charge in [0.05, 0.1) is 0 Å². The fraction of sp³-hybridized carbons (Fsp3) is 0.625. The van der Waals surface area contributed by atoms with Crippen LogP contribution in [0.25, 0.3) is 0 Å². The summed E-state index contributed by atoms with van der Waals surface area (Å²) in [5, 5.41) is 0.879. The maximum absolute atomic E-state index is 6.43. The van der Waals surface area contributed by atoms with Gasteiger partial charge in [-0.1, -0.05) is 24.6 Å². The zero-order valence-corrected chi connectivity index (χ0v) is 12.4. The number of anilines is 1. The van der Waals surface area contributed by atoms with Crippen molar-refractivity contribution in [2.75, 3.05) is 11.4 Å². The van der Waals surface area contributed by atoms with E-state index in [-0.39, 0.29) is 6.04 Å². The van der Waals surface area contributed by atoms with Gasteiger partial charge in [-0.15, -0.1) is 0 Å². The molecule has 3 atom stereocenters. The van der Waals surface area contributed by atoms with E-state index in [0.29, 0.717) is 0 Å². The molecular formula is C16H23ClN2. The van der Waals surface area contributed by atoms with Gasteiger partial charge in [-0.2, -0.15) is 0 Å². The maximum Gasteiger partial charge on any atom is 0.0459 e. The van der Waals surface area contributed by atoms with Crippen LogP contribution in [0.1, 0.15) is 38.2 Å². The minimum atomic E-state index is 0.207. The molecule has 1 aliphatic carbocycles. The SMILES string of the molecule is CCC(N)Cc1c(Cl)cccc1N1CC2CCC1C2. The molecule has 2 N–H and O–H groups in total. The fourth-order valence-electron chi connectivity index (χ4n) is 3.64. The smallest absolute Gasteiger partial charge is 0.0459 e. The van der Waals surface area contributed by atoms with Crippen LogP contribution < -0.4 is 10.6 Å². The lowest BCUT2D eigenvalue weighted by molar-refractivity contribution is 0.551. The Morgan fingerprint density at radius 3 is 2.89 bits per heavy atom. The van der Waals surface area contributed by atoms with Crippen LogP contribution in [0, 0.1) is 5.92 Å². The highest BCUT2D eigenvalue weighted by atomic mass is 35.5. The van der Waals surface area contributed by atoms with Crippen molar-refractivity contribution in [3.63, 3.8) is 0 Å². The lowest BCUT2D eigenvalue weighted by Gasteiger charge is -2.32. The summed E-state index contributed by atoms with van der Waals surface area (Å²) in [4.78, 5) is 2.58. The zero-order valence-electron chi connectivity index (χ0n) is 11.6. The first-order valence-electron chi connectivity index (χ1n) is 7.48. The first-order valence-corrected chi connectivity index (χ1v) is 7.86. The molecule has 0 aromatic heterocycles. The fourth-order valence-corrected chi connectivity index (χ4v) is 3.89. The van der Waals surface area contributed by atoms with Gasteiger partial charge >= 0.3 is 0 Å². The molecule has 3 heteroatoms. The average Bonchev–Trinajstić information content (AvgIpc) is 3.03. The number of nitrogens with zero attached hydrogens (tertiary/aromatic N) is 1. The van der Waals surface area contributed by atoms with Crippen molar-refractivity contribution in [1.82, 2.24) is 0 Å². The third-order valence-electron chi connectivity index (χ3n) is 4.80. The quantitative estimate of drug-likeness (QED) is 0.912. The molecule has 1 aromatic carbocycles. The Morgan fingerprint density at radius 1 is 1.42 bits per heavy atom. The predicted molar refractivity (Wildman–Crippen MR) is 81.9 cm³/mol. The number of hydrogen-bond acceptors (Lipinski definition) is 2. The third kappa shape index (κ3) is 2.48. The molecule has 2 aliphatic rings. The minimum Gasteiger partial charge on any atom is -0.368 e. The third-order valence-corrected chi connectivity index (χ3v) is 5.16. The number of piperidine rings is 1. The number of fused-ring (bicyclic) bond motifs is 2. The molecule has 3 rings (SSSR count). The Bertz CT molecular complexity index is 460. The van der Waals surface area contributed by atoms with Gasteiger partial charge in [0.15, 0.2) is 0 Å². The van der Waals surface area contributed by atoms with Crippen molar-refractivity contribution in [3.8, 4) is 0 Å². The maximum atomic E-state index is 6.43. The van der Waals surface area contributed by atoms with E-state index in [1.807, 2.05) is 6.07 Å². The van der Waals surface area contributed by atoms with Gasteiger partial charge in [0.25, 0.3) is 0 Å². The van der Waals surface area contributed by atoms with Crippen LogP contribution in [0.15, 0.2) is 18.2 Å². The minimum absolute atomic E-state index is 0.207. The van der Waals surface area contributed by atoms with E-state index in [9.17, 15) is 0 Å². The van der Waals surface area contributed by atoms with E-state index in [1.54, 1.807) is 0 Å². The average molecular weight is 279 g/mol. The Labute approximate surface area is 120 Å². The van der Waals surface area contributed by atoms with E-state index in [4.69, 9.17) is 17.3 Å². The van der Waals surface area contributed by atoms with Crippen molar-refractivity contribution >= 4 is 17.3 Å². The summed E-state index contributed by atoms with van der Waals surface area (Å²) in [6, 6.07) is 7.24. The summed E-state index contributed by atoms with van der Waals surface area (Å²) in [5.41, 5.74) is 8.73. The van der Waals surface area contributed by atoms with Gasteiger partial charge in [0.1, 0.15) is 0 Å². The van der Waals surface area contributed by atoms with Gasteiger partial charge < -0.3 is 10.6 Å². The van der Waals surface area contributed by atoms with Crippen molar-refractivity contribution in [3.05, 3.63) is 28.8 Å². The Hall–Kier alpha value is -0.730. The molecular weight excluding hydrogens is 256 g/mol. The summed E-state index contributed by atoms with van der Waals surface area (Å²) >= 11 is 6.43. The number of halogens is 1. The molecule has 1 saturated carbocycles. The molecule has 1 aliphatic heterocycles. The lowest BCUT2D eigenvalue weighted by atomic mass is 10.0. The van der Waals surface area contributed by atoms with Crippen LogP contribution >= 0.6 is 11.6 Å². The predicted octanol–water partition coefficient (Wildman–Crippen LogP) is 3.61. The van der Waals surface area contributed by atoms with Crippen LogP contribution in [0.2, 0.25) is 5.02 Å². The van der Waals surface area contributed by atoms with Crippen molar-refractivity contribution in [2.24, 2.45) is 11.7 Å². The highest BCUT2D eigenvalue weighted by molar-refractivity contribution is 6.31. The second-order valence-electron chi connectivity index (χ2n) is 6.10. The number of hydrogen-bond donors (Lipinski definition) is 1. The Balaban J connectivity index is 1.90. The molecule has 2 bridgehead atoms. The van der Waals surface area contributed by atoms with Gasteiger partial charge in [-0.25, -0.2) is 0 Å². The topological polar surface area (TPSA) is 29.3 Å². The molecule has 0 radical (unpaired) electrons. The number of rotatable bonds is 4. The van der Waals surface area contributed by atoms with Crippen molar-refractivity contribution in [1.29, 1.82) is 0 Å². The molecule has 1 aromatic rings. The second-order valence-corrected chi connectivity index (χ2v) is 6.50. The van der Waals surface area contributed by atoms with E-state index in [0.717, 1.165) is 29.8 Å². The largest absolute Gasteiger partial charge is 0.368 e. The standard InChI is InChI=1S/C16H23ClN2/c1-2-12(18)9-14-15(17)4-3-5-16(14)19-10-11-6-7-13(19)8-11/h3-5,11-13H,2,6-10,18H2,1H3. The van der Waals surface area contributed by atoms with Gasteiger partial charge in [-0.3, -0.25) is 0 Å². The summed E-state index contributed by atoms with van der Waals surface area (Å²) in [7, 11) is 0. The Kier molecular flexibility index (Phi) is 3.72. The summed E-state index contributed by atoms with van der Waals surface area (Å²) < 4.78 is 0. The van der Waals surface area contributed by atoms with Crippen molar-refractivity contribution < 1.29 is 0 Å². The van der Waals surface area contributed by atoms with Gasteiger partial charge in [0.2, 0.25) is 0 Å². The first-order chi connectivity index (χ1) is 9.19. The molecule has 0 spiro atoms. The summed E-state index contributed by atoms with van der Waals surface area (Å²) in [6.07, 6.45) is 6.00. The molecule has 3 unspecified atom stereocenters. The molecule has 2 fully saturated rings. The molecule has 1 saturated heterocycles. The van der Waals surface area contributed by atoms with Crippen LogP contribution in [-0.4, -0.2) is 18.6 Å². The monoisotopic (exact) mass is 278 g/mol. The van der Waals surface area contributed by atoms with Gasteiger partial charge in [0, 0.05) is 29.3 Å². The molecule has 0 amide bonds. The summed E-state index contributed by atoms with van der Waals surface area (Å²) in [5.74, 6) is 0.900. The van der Waals surface area contributed by atoms with Gasteiger partial charge in [-0.05, 0) is 55.7 Å². The number of benzene rings is 1. The molecule has 2 nitrogen and oxygen atoms in total. The van der Waals surface area contributed by atoms with E-state index < -0.39 is 0 Å². The molecule has 19 heavy (non-hydrogen) atoms. The normalized spacial score (nSPS) is 27.0. The van der Waals surface area contributed by atoms with Crippen LogP contribution in [0.4, 0.5) is 5.69 Å². The van der Waals surface area contributed by atoms with Crippen LogP contribution in [-0.2, 0) is 6.42 Å². The molecule has 104 valence electrons. The molecule has 1 heterocycles. The second kappa shape index (κ2) is 5.34. The van der Waals surface area contributed by atoms with Crippen molar-refractivity contribution in [2.45, 2.75) is 51.1 Å². The van der Waals surface area contributed by atoms with E-state index in [1.165, 1.54) is 37.1 Å².